The fourth-order valence-corrected chi connectivity index (χ4v) is 5.43. The third-order valence-electron chi connectivity index (χ3n) is 3.35. The summed E-state index contributed by atoms with van der Waals surface area (Å²) in [5, 5.41) is 0. The Morgan fingerprint density at radius 2 is 0.562 bits per heavy atom. The van der Waals surface area contributed by atoms with Crippen LogP contribution < -0.4 is 5.73 Å². The lowest BCUT2D eigenvalue weighted by molar-refractivity contribution is -0.166. The quantitative estimate of drug-likeness (QED) is 0.113. The molecule has 0 aromatic rings. The molecule has 21 nitrogen and oxygen atoms in total. The molecule has 1 aliphatic carbocycles. The van der Waals surface area contributed by atoms with E-state index in [1.807, 2.05) is 0 Å². The third kappa shape index (κ3) is 10.8. The molecule has 12 N–H and O–H groups in total. The maximum absolute atomic E-state index is 11.3. The highest BCUT2D eigenvalue weighted by molar-refractivity contribution is 7.47. The fourth-order valence-electron chi connectivity index (χ4n) is 2.60. The summed E-state index contributed by atoms with van der Waals surface area (Å²) < 4.78 is 77.3. The molecule has 6 atom stereocenters. The van der Waals surface area contributed by atoms with Crippen molar-refractivity contribution < 1.29 is 94.4 Å². The van der Waals surface area contributed by atoms with E-state index in [1.54, 1.807) is 0 Å². The van der Waals surface area contributed by atoms with Crippen LogP contribution in [0.2, 0.25) is 0 Å². The second-order valence-electron chi connectivity index (χ2n) is 5.88. The average Bonchev–Trinajstić information content (AvgIpc) is 2.45. The van der Waals surface area contributed by atoms with Crippen LogP contribution in [0.5, 0.6) is 0 Å². The van der Waals surface area contributed by atoms with E-state index in [0.717, 1.165) is 0 Å². The van der Waals surface area contributed by atoms with Crippen molar-refractivity contribution in [2.75, 3.05) is 0 Å². The second-order valence-corrected chi connectivity index (χ2v) is 11.8. The minimum absolute atomic E-state index is 2.39. The lowest BCUT2D eigenvalue weighted by atomic mass is 9.84. The average molecular weight is 579 g/mol. The van der Waals surface area contributed by atoms with Crippen molar-refractivity contribution >= 4 is 39.1 Å². The molecule has 32 heavy (non-hydrogen) atoms. The molecule has 26 heteroatoms. The summed E-state index contributed by atoms with van der Waals surface area (Å²) in [6.45, 7) is 0. The van der Waals surface area contributed by atoms with Crippen LogP contribution >= 0.6 is 39.1 Å². The summed E-state index contributed by atoms with van der Waals surface area (Å²) in [7, 11) is -28.8. The number of hydrogen-bond donors (Lipinski definition) is 11. The molecule has 1 saturated carbocycles. The standard InChI is InChI=1S/C6H18NO20P5/c7-1-2(23-28(8,9)10)4(25-30(14,15)16)6(27-32(20,21)22)5(26-31(17,18)19)3(1)24-29(11,12)13/h1-6H,7H2,(H2,8,9,10)(H2,11,12,13)(H2,14,15,16)(H2,17,18,19)(H2,20,21,22)/t1?,2-,3+,4-,5-,6?/m0/s1. The highest BCUT2D eigenvalue weighted by atomic mass is 31.2. The molecule has 1 fully saturated rings. The van der Waals surface area contributed by atoms with E-state index in [0.29, 0.717) is 0 Å². The van der Waals surface area contributed by atoms with Gasteiger partial charge in [0.2, 0.25) is 0 Å². The van der Waals surface area contributed by atoms with Crippen LogP contribution in [-0.2, 0) is 45.4 Å². The molecule has 0 radical (unpaired) electrons. The molecule has 1 rings (SSSR count). The lowest BCUT2D eigenvalue weighted by Crippen LogP contribution is -2.68. The monoisotopic (exact) mass is 579 g/mol. The first kappa shape index (κ1) is 30.5. The summed E-state index contributed by atoms with van der Waals surface area (Å²) in [5.41, 5.74) is 5.53. The third-order valence-corrected chi connectivity index (χ3v) is 5.94. The van der Waals surface area contributed by atoms with E-state index in [-0.39, 0.29) is 0 Å². The van der Waals surface area contributed by atoms with Crippen LogP contribution in [0.25, 0.3) is 0 Å². The van der Waals surface area contributed by atoms with Gasteiger partial charge in [0.1, 0.15) is 30.5 Å². The van der Waals surface area contributed by atoms with Gasteiger partial charge in [0, 0.05) is 0 Å². The Labute approximate surface area is 176 Å². The van der Waals surface area contributed by atoms with Gasteiger partial charge in [-0.1, -0.05) is 0 Å². The Bertz CT molecular complexity index is 830. The summed E-state index contributed by atoms with van der Waals surface area (Å²) in [5.74, 6) is 0. The van der Waals surface area contributed by atoms with Gasteiger partial charge in [-0.15, -0.1) is 0 Å². The van der Waals surface area contributed by atoms with Gasteiger partial charge in [0.25, 0.3) is 0 Å². The molecular formula is C6H18NO20P5. The van der Waals surface area contributed by atoms with Gasteiger partial charge in [-0.05, 0) is 0 Å². The van der Waals surface area contributed by atoms with Crippen LogP contribution in [0.3, 0.4) is 0 Å². The van der Waals surface area contributed by atoms with E-state index in [9.17, 15) is 22.8 Å². The van der Waals surface area contributed by atoms with Crippen LogP contribution in [0.15, 0.2) is 0 Å². The second kappa shape index (κ2) is 10.2. The van der Waals surface area contributed by atoms with Crippen molar-refractivity contribution in [1.29, 1.82) is 0 Å². The van der Waals surface area contributed by atoms with E-state index >= 15 is 0 Å². The van der Waals surface area contributed by atoms with E-state index < -0.39 is 75.7 Å². The zero-order chi connectivity index (χ0) is 25.5. The molecule has 2 unspecified atom stereocenters. The number of hydrogen-bond acceptors (Lipinski definition) is 11. The van der Waals surface area contributed by atoms with E-state index in [4.69, 9.17) is 54.7 Å². The van der Waals surface area contributed by atoms with Crippen LogP contribution in [-0.4, -0.2) is 85.5 Å². The van der Waals surface area contributed by atoms with Gasteiger partial charge in [-0.3, -0.25) is 22.6 Å². The topological polar surface area (TPSA) is 360 Å². The summed E-state index contributed by atoms with van der Waals surface area (Å²) in [4.78, 5) is 90.5. The molecule has 0 aliphatic heterocycles. The highest BCUT2D eigenvalue weighted by Crippen LogP contribution is 2.54. The van der Waals surface area contributed by atoms with Crippen molar-refractivity contribution in [3.63, 3.8) is 0 Å². The minimum Gasteiger partial charge on any atom is -0.323 e. The molecule has 0 bridgehead atoms. The van der Waals surface area contributed by atoms with Crippen LogP contribution in [0, 0.1) is 0 Å². The van der Waals surface area contributed by atoms with Crippen LogP contribution in [0.1, 0.15) is 0 Å². The number of phosphoric acid groups is 5. The largest absolute Gasteiger partial charge is 0.470 e. The Morgan fingerprint density at radius 3 is 0.750 bits per heavy atom. The molecule has 1 aliphatic rings. The minimum atomic E-state index is -5.82. The van der Waals surface area contributed by atoms with Crippen molar-refractivity contribution in [2.24, 2.45) is 5.73 Å². The first-order valence-electron chi connectivity index (χ1n) is 7.34. The predicted octanol–water partition coefficient (Wildman–Crippen LogP) is -3.28. The Hall–Kier alpha value is 0.510. The van der Waals surface area contributed by atoms with Crippen molar-refractivity contribution in [3.05, 3.63) is 0 Å². The smallest absolute Gasteiger partial charge is 0.323 e. The Kier molecular flexibility index (Phi) is 9.78. The Morgan fingerprint density at radius 1 is 0.406 bits per heavy atom. The normalized spacial score (nSPS) is 31.0. The molecule has 0 heterocycles. The fraction of sp³-hybridized carbons (Fsp3) is 1.00. The van der Waals surface area contributed by atoms with Gasteiger partial charge in [-0.2, -0.15) is 0 Å². The Balaban J connectivity index is 3.77. The van der Waals surface area contributed by atoms with Gasteiger partial charge in [0.05, 0.1) is 6.04 Å². The van der Waals surface area contributed by atoms with Crippen molar-refractivity contribution in [1.82, 2.24) is 0 Å². The van der Waals surface area contributed by atoms with Gasteiger partial charge in [0.15, 0.2) is 0 Å². The molecule has 0 aromatic heterocycles. The first-order chi connectivity index (χ1) is 13.9. The number of nitrogens with two attached hydrogens (primary N) is 1. The zero-order valence-electron chi connectivity index (χ0n) is 14.8. The predicted molar refractivity (Wildman–Crippen MR) is 92.6 cm³/mol. The molecule has 0 aromatic carbocycles. The molecule has 0 saturated heterocycles. The summed E-state index contributed by atoms with van der Waals surface area (Å²) in [6, 6.07) is -2.39. The maximum Gasteiger partial charge on any atom is 0.470 e. The summed E-state index contributed by atoms with van der Waals surface area (Å²) in [6.07, 6.45) is -13.7. The molecule has 192 valence electrons. The number of rotatable bonds is 10. The zero-order valence-corrected chi connectivity index (χ0v) is 19.3. The van der Waals surface area contributed by atoms with E-state index in [2.05, 4.69) is 22.6 Å². The van der Waals surface area contributed by atoms with Gasteiger partial charge >= 0.3 is 39.1 Å². The SMILES string of the molecule is NC1[C@@H](OP(=O)(O)O)[C@H](OP(=O)(O)O)C(OP(=O)(O)O)[C@@H](OP(=O)(O)O)[C@H]1OP(=O)(O)O. The van der Waals surface area contributed by atoms with Crippen molar-refractivity contribution in [2.45, 2.75) is 36.6 Å². The summed E-state index contributed by atoms with van der Waals surface area (Å²) >= 11 is 0. The van der Waals surface area contributed by atoms with Crippen LogP contribution in [0.4, 0.5) is 0 Å². The molecule has 0 amide bonds. The molecule has 0 spiro atoms. The first-order valence-corrected chi connectivity index (χ1v) is 15.0. The van der Waals surface area contributed by atoms with Gasteiger partial charge in [-0.25, -0.2) is 22.8 Å². The maximum atomic E-state index is 11.3. The highest BCUT2D eigenvalue weighted by Gasteiger charge is 2.60. The van der Waals surface area contributed by atoms with Gasteiger partial charge < -0.3 is 54.7 Å². The van der Waals surface area contributed by atoms with Crippen molar-refractivity contribution in [3.8, 4) is 0 Å². The molecular weight excluding hydrogens is 561 g/mol. The van der Waals surface area contributed by atoms with E-state index in [1.165, 1.54) is 0 Å². The number of phosphoric ester groups is 5. The lowest BCUT2D eigenvalue weighted by Gasteiger charge is -2.47.